The molecular formula is C13H19ClFN. The molecule has 0 heterocycles. The Hall–Kier alpha value is -0.600. The van der Waals surface area contributed by atoms with Crippen LogP contribution in [0.25, 0.3) is 0 Å². The van der Waals surface area contributed by atoms with Gasteiger partial charge in [0.2, 0.25) is 0 Å². The second kappa shape index (κ2) is 6.21. The van der Waals surface area contributed by atoms with Crippen molar-refractivity contribution in [2.24, 2.45) is 5.92 Å². The van der Waals surface area contributed by atoms with Crippen molar-refractivity contribution in [3.63, 3.8) is 0 Å². The highest BCUT2D eigenvalue weighted by Crippen LogP contribution is 2.27. The molecule has 0 aliphatic rings. The Labute approximate surface area is 102 Å². The molecule has 0 fully saturated rings. The molecule has 2 atom stereocenters. The first kappa shape index (κ1) is 13.5. The number of hydrogen-bond acceptors (Lipinski definition) is 1. The third-order valence-electron chi connectivity index (χ3n) is 2.93. The van der Waals surface area contributed by atoms with E-state index in [1.54, 1.807) is 6.07 Å². The minimum Gasteiger partial charge on any atom is -0.313 e. The minimum absolute atomic E-state index is 0.182. The standard InChI is InChI=1S/C13H19ClFN/c1-4-5-9(2)13(16-3)10-6-7-11(14)12(15)8-10/h6-9,13,16H,4-5H2,1-3H3. The van der Waals surface area contributed by atoms with Gasteiger partial charge in [-0.2, -0.15) is 0 Å². The lowest BCUT2D eigenvalue weighted by atomic mass is 9.91. The number of hydrogen-bond donors (Lipinski definition) is 1. The van der Waals surface area contributed by atoms with Crippen LogP contribution in [0, 0.1) is 11.7 Å². The maximum atomic E-state index is 13.4. The zero-order valence-corrected chi connectivity index (χ0v) is 10.8. The van der Waals surface area contributed by atoms with Gasteiger partial charge in [-0.3, -0.25) is 0 Å². The number of nitrogens with one attached hydrogen (secondary N) is 1. The molecule has 0 saturated carbocycles. The highest BCUT2D eigenvalue weighted by atomic mass is 35.5. The fourth-order valence-electron chi connectivity index (χ4n) is 2.11. The molecule has 0 aliphatic carbocycles. The SMILES string of the molecule is CCCC(C)C(NC)c1ccc(Cl)c(F)c1. The van der Waals surface area contributed by atoms with Gasteiger partial charge < -0.3 is 5.32 Å². The summed E-state index contributed by atoms with van der Waals surface area (Å²) in [7, 11) is 1.91. The van der Waals surface area contributed by atoms with E-state index < -0.39 is 0 Å². The Morgan fingerprint density at radius 1 is 1.44 bits per heavy atom. The molecular weight excluding hydrogens is 225 g/mol. The quantitative estimate of drug-likeness (QED) is 0.818. The lowest BCUT2D eigenvalue weighted by molar-refractivity contribution is 0.382. The molecule has 0 amide bonds. The van der Waals surface area contributed by atoms with E-state index in [2.05, 4.69) is 19.2 Å². The smallest absolute Gasteiger partial charge is 0.142 e. The third-order valence-corrected chi connectivity index (χ3v) is 3.23. The van der Waals surface area contributed by atoms with Gasteiger partial charge in [-0.1, -0.05) is 37.9 Å². The summed E-state index contributed by atoms with van der Waals surface area (Å²) in [5.41, 5.74) is 0.963. The molecule has 0 spiro atoms. The summed E-state index contributed by atoms with van der Waals surface area (Å²) in [6.07, 6.45) is 2.26. The molecule has 1 aromatic carbocycles. The summed E-state index contributed by atoms with van der Waals surface area (Å²) in [6, 6.07) is 5.22. The summed E-state index contributed by atoms with van der Waals surface area (Å²) >= 11 is 5.67. The van der Waals surface area contributed by atoms with Crippen molar-refractivity contribution in [3.05, 3.63) is 34.6 Å². The molecule has 16 heavy (non-hydrogen) atoms. The molecule has 0 saturated heterocycles. The van der Waals surface area contributed by atoms with E-state index in [1.807, 2.05) is 13.1 Å². The lowest BCUT2D eigenvalue weighted by Crippen LogP contribution is -2.23. The average molecular weight is 244 g/mol. The van der Waals surface area contributed by atoms with Crippen LogP contribution in [-0.4, -0.2) is 7.05 Å². The van der Waals surface area contributed by atoms with Gasteiger partial charge in [-0.05, 0) is 37.1 Å². The first-order valence-corrected chi connectivity index (χ1v) is 6.10. The fourth-order valence-corrected chi connectivity index (χ4v) is 2.23. The van der Waals surface area contributed by atoms with Gasteiger partial charge in [-0.25, -0.2) is 4.39 Å². The van der Waals surface area contributed by atoms with Crippen LogP contribution in [0.4, 0.5) is 4.39 Å². The van der Waals surface area contributed by atoms with Gasteiger partial charge in [0.1, 0.15) is 5.82 Å². The van der Waals surface area contributed by atoms with Gasteiger partial charge >= 0.3 is 0 Å². The summed E-state index contributed by atoms with van der Waals surface area (Å²) in [5, 5.41) is 3.42. The Balaban J connectivity index is 2.90. The second-order valence-corrected chi connectivity index (χ2v) is 4.61. The molecule has 1 rings (SSSR count). The molecule has 1 N–H and O–H groups in total. The normalized spacial score (nSPS) is 14.8. The Morgan fingerprint density at radius 3 is 2.62 bits per heavy atom. The van der Waals surface area contributed by atoms with Crippen molar-refractivity contribution in [1.82, 2.24) is 5.32 Å². The Bertz CT molecular complexity index is 341. The molecule has 0 aromatic heterocycles. The maximum absolute atomic E-state index is 13.4. The Kier molecular flexibility index (Phi) is 5.23. The van der Waals surface area contributed by atoms with Crippen molar-refractivity contribution >= 4 is 11.6 Å². The van der Waals surface area contributed by atoms with Crippen LogP contribution in [0.1, 0.15) is 38.3 Å². The van der Waals surface area contributed by atoms with E-state index in [9.17, 15) is 4.39 Å². The summed E-state index contributed by atoms with van der Waals surface area (Å²) < 4.78 is 13.4. The molecule has 0 aliphatic heterocycles. The van der Waals surface area contributed by atoms with E-state index in [0.29, 0.717) is 5.92 Å². The van der Waals surface area contributed by atoms with Crippen LogP contribution < -0.4 is 5.32 Å². The van der Waals surface area contributed by atoms with Gasteiger partial charge in [0, 0.05) is 6.04 Å². The topological polar surface area (TPSA) is 12.0 Å². The molecule has 1 aromatic rings. The Morgan fingerprint density at radius 2 is 2.12 bits per heavy atom. The van der Waals surface area contributed by atoms with Crippen LogP contribution in [0.3, 0.4) is 0 Å². The molecule has 1 nitrogen and oxygen atoms in total. The van der Waals surface area contributed by atoms with Crippen molar-refractivity contribution in [2.45, 2.75) is 32.7 Å². The molecule has 0 bridgehead atoms. The first-order chi connectivity index (χ1) is 7.60. The summed E-state index contributed by atoms with van der Waals surface area (Å²) in [5.74, 6) is 0.138. The molecule has 3 heteroatoms. The highest BCUT2D eigenvalue weighted by Gasteiger charge is 2.17. The van der Waals surface area contributed by atoms with E-state index >= 15 is 0 Å². The van der Waals surface area contributed by atoms with Gasteiger partial charge in [0.25, 0.3) is 0 Å². The van der Waals surface area contributed by atoms with Gasteiger partial charge in [0.05, 0.1) is 5.02 Å². The lowest BCUT2D eigenvalue weighted by Gasteiger charge is -2.23. The predicted molar refractivity (Wildman–Crippen MR) is 67.3 cm³/mol. The van der Waals surface area contributed by atoms with Crippen LogP contribution in [0.15, 0.2) is 18.2 Å². The third kappa shape index (κ3) is 3.19. The van der Waals surface area contributed by atoms with Crippen molar-refractivity contribution in [1.29, 1.82) is 0 Å². The zero-order valence-electron chi connectivity index (χ0n) is 10.1. The largest absolute Gasteiger partial charge is 0.313 e. The van der Waals surface area contributed by atoms with Crippen molar-refractivity contribution < 1.29 is 4.39 Å². The zero-order chi connectivity index (χ0) is 12.1. The van der Waals surface area contributed by atoms with Gasteiger partial charge in [0.15, 0.2) is 0 Å². The number of rotatable bonds is 5. The highest BCUT2D eigenvalue weighted by molar-refractivity contribution is 6.30. The predicted octanol–water partition coefficient (Wildman–Crippen LogP) is 4.18. The fraction of sp³-hybridized carbons (Fsp3) is 0.538. The molecule has 0 radical (unpaired) electrons. The van der Waals surface area contributed by atoms with Gasteiger partial charge in [-0.15, -0.1) is 0 Å². The van der Waals surface area contributed by atoms with Crippen LogP contribution in [0.2, 0.25) is 5.02 Å². The van der Waals surface area contributed by atoms with Crippen LogP contribution >= 0.6 is 11.6 Å². The summed E-state index contributed by atoms with van der Waals surface area (Å²) in [4.78, 5) is 0. The van der Waals surface area contributed by atoms with E-state index in [1.165, 1.54) is 6.07 Å². The maximum Gasteiger partial charge on any atom is 0.142 e. The molecule has 2 unspecified atom stereocenters. The van der Waals surface area contributed by atoms with E-state index in [0.717, 1.165) is 18.4 Å². The molecule has 90 valence electrons. The minimum atomic E-state index is -0.344. The number of benzene rings is 1. The average Bonchev–Trinajstić information content (AvgIpc) is 2.25. The van der Waals surface area contributed by atoms with Crippen molar-refractivity contribution in [2.75, 3.05) is 7.05 Å². The van der Waals surface area contributed by atoms with Crippen molar-refractivity contribution in [3.8, 4) is 0 Å². The summed E-state index contributed by atoms with van der Waals surface area (Å²) in [6.45, 7) is 4.34. The van der Waals surface area contributed by atoms with E-state index in [4.69, 9.17) is 11.6 Å². The first-order valence-electron chi connectivity index (χ1n) is 5.72. The second-order valence-electron chi connectivity index (χ2n) is 4.21. The van der Waals surface area contributed by atoms with E-state index in [-0.39, 0.29) is 16.9 Å². The monoisotopic (exact) mass is 243 g/mol. The van der Waals surface area contributed by atoms with Crippen LogP contribution in [0.5, 0.6) is 0 Å². The number of halogens is 2. The van der Waals surface area contributed by atoms with Crippen LogP contribution in [-0.2, 0) is 0 Å².